The first-order valence-electron chi connectivity index (χ1n) is 6.19. The van der Waals surface area contributed by atoms with Crippen LogP contribution in [-0.4, -0.2) is 11.2 Å². The summed E-state index contributed by atoms with van der Waals surface area (Å²) in [5.41, 5.74) is 2.28. The van der Waals surface area contributed by atoms with Crippen molar-refractivity contribution in [3.63, 3.8) is 0 Å². The Labute approximate surface area is 95.3 Å². The molecule has 3 rings (SSSR count). The SMILES string of the molecule is OC1CCc2cc(F)ccc2C12CCCC2. The van der Waals surface area contributed by atoms with Crippen molar-refractivity contribution in [1.82, 2.24) is 0 Å². The quantitative estimate of drug-likeness (QED) is 0.712. The molecule has 0 saturated heterocycles. The molecule has 0 bridgehead atoms. The molecule has 0 aliphatic heterocycles. The highest BCUT2D eigenvalue weighted by Gasteiger charge is 2.45. The van der Waals surface area contributed by atoms with Crippen molar-refractivity contribution in [1.29, 1.82) is 0 Å². The van der Waals surface area contributed by atoms with Gasteiger partial charge in [-0.3, -0.25) is 0 Å². The summed E-state index contributed by atoms with van der Waals surface area (Å²) in [5, 5.41) is 10.3. The molecule has 1 unspecified atom stereocenters. The Hall–Kier alpha value is -0.890. The van der Waals surface area contributed by atoms with Crippen LogP contribution in [0.2, 0.25) is 0 Å². The second-order valence-electron chi connectivity index (χ2n) is 5.22. The van der Waals surface area contributed by atoms with Crippen LogP contribution in [0.15, 0.2) is 18.2 Å². The van der Waals surface area contributed by atoms with Crippen molar-refractivity contribution in [2.45, 2.75) is 50.0 Å². The Morgan fingerprint density at radius 3 is 2.75 bits per heavy atom. The molecule has 2 aliphatic rings. The van der Waals surface area contributed by atoms with Gasteiger partial charge in [0.25, 0.3) is 0 Å². The number of hydrogen-bond donors (Lipinski definition) is 1. The Bertz CT molecular complexity index is 407. The number of rotatable bonds is 0. The zero-order valence-electron chi connectivity index (χ0n) is 9.38. The lowest BCUT2D eigenvalue weighted by Gasteiger charge is -2.40. The van der Waals surface area contributed by atoms with Crippen molar-refractivity contribution in [3.05, 3.63) is 35.1 Å². The average molecular weight is 220 g/mol. The topological polar surface area (TPSA) is 20.2 Å². The minimum Gasteiger partial charge on any atom is -0.392 e. The van der Waals surface area contributed by atoms with Crippen LogP contribution in [0.4, 0.5) is 4.39 Å². The molecule has 1 aromatic carbocycles. The van der Waals surface area contributed by atoms with Gasteiger partial charge in [-0.25, -0.2) is 4.39 Å². The fraction of sp³-hybridized carbons (Fsp3) is 0.571. The molecule has 1 fully saturated rings. The van der Waals surface area contributed by atoms with Gasteiger partial charge in [0.1, 0.15) is 5.82 Å². The van der Waals surface area contributed by atoms with E-state index in [4.69, 9.17) is 0 Å². The molecule has 1 nitrogen and oxygen atoms in total. The zero-order valence-corrected chi connectivity index (χ0v) is 9.38. The predicted octanol–water partition coefficient (Wildman–Crippen LogP) is 2.94. The van der Waals surface area contributed by atoms with Crippen LogP contribution in [-0.2, 0) is 11.8 Å². The van der Waals surface area contributed by atoms with Gasteiger partial charge in [-0.15, -0.1) is 0 Å². The molecule has 2 heteroatoms. The van der Waals surface area contributed by atoms with Gasteiger partial charge in [-0.1, -0.05) is 18.9 Å². The van der Waals surface area contributed by atoms with Crippen LogP contribution in [0, 0.1) is 5.82 Å². The summed E-state index contributed by atoms with van der Waals surface area (Å²) < 4.78 is 13.2. The highest BCUT2D eigenvalue weighted by atomic mass is 19.1. The van der Waals surface area contributed by atoms with E-state index in [1.807, 2.05) is 6.07 Å². The van der Waals surface area contributed by atoms with Gasteiger partial charge < -0.3 is 5.11 Å². The van der Waals surface area contributed by atoms with Crippen LogP contribution in [0.3, 0.4) is 0 Å². The molecule has 0 radical (unpaired) electrons. The van der Waals surface area contributed by atoms with E-state index in [-0.39, 0.29) is 17.3 Å². The minimum absolute atomic E-state index is 0.0543. The predicted molar refractivity (Wildman–Crippen MR) is 60.9 cm³/mol. The van der Waals surface area contributed by atoms with E-state index in [1.165, 1.54) is 24.5 Å². The molecule has 1 atom stereocenters. The summed E-state index contributed by atoms with van der Waals surface area (Å²) >= 11 is 0. The molecule has 1 N–H and O–H groups in total. The van der Waals surface area contributed by atoms with E-state index >= 15 is 0 Å². The Morgan fingerprint density at radius 1 is 1.25 bits per heavy atom. The fourth-order valence-corrected chi connectivity index (χ4v) is 3.61. The van der Waals surface area contributed by atoms with Gasteiger partial charge in [0.15, 0.2) is 0 Å². The number of halogens is 1. The van der Waals surface area contributed by atoms with Gasteiger partial charge in [-0.05, 0) is 48.9 Å². The Kier molecular flexibility index (Phi) is 2.28. The summed E-state index contributed by atoms with van der Waals surface area (Å²) in [6.45, 7) is 0. The van der Waals surface area contributed by atoms with Gasteiger partial charge in [0.05, 0.1) is 6.10 Å². The van der Waals surface area contributed by atoms with Crippen LogP contribution < -0.4 is 0 Å². The first-order chi connectivity index (χ1) is 7.72. The van der Waals surface area contributed by atoms with Gasteiger partial charge in [-0.2, -0.15) is 0 Å². The summed E-state index contributed by atoms with van der Waals surface area (Å²) in [5.74, 6) is -0.150. The molecule has 1 aromatic rings. The molecule has 16 heavy (non-hydrogen) atoms. The molecular formula is C14H17FO. The van der Waals surface area contributed by atoms with E-state index in [1.54, 1.807) is 6.07 Å². The number of benzene rings is 1. The lowest BCUT2D eigenvalue weighted by Crippen LogP contribution is -2.41. The third-order valence-electron chi connectivity index (χ3n) is 4.42. The molecule has 0 heterocycles. The number of aryl methyl sites for hydroxylation is 1. The van der Waals surface area contributed by atoms with E-state index in [0.29, 0.717) is 0 Å². The molecule has 86 valence electrons. The zero-order chi connectivity index (χ0) is 11.2. The maximum atomic E-state index is 13.2. The minimum atomic E-state index is -0.229. The Morgan fingerprint density at radius 2 is 2.00 bits per heavy atom. The molecular weight excluding hydrogens is 203 g/mol. The number of aliphatic hydroxyl groups excluding tert-OH is 1. The number of aliphatic hydroxyl groups is 1. The second-order valence-corrected chi connectivity index (χ2v) is 5.22. The van der Waals surface area contributed by atoms with Crippen molar-refractivity contribution in [3.8, 4) is 0 Å². The van der Waals surface area contributed by atoms with Crippen molar-refractivity contribution < 1.29 is 9.50 Å². The maximum absolute atomic E-state index is 13.2. The summed E-state index contributed by atoms with van der Waals surface area (Å²) in [7, 11) is 0. The van der Waals surface area contributed by atoms with Crippen molar-refractivity contribution in [2.75, 3.05) is 0 Å². The molecule has 2 aliphatic carbocycles. The Balaban J connectivity index is 2.13. The van der Waals surface area contributed by atoms with E-state index in [2.05, 4.69) is 0 Å². The van der Waals surface area contributed by atoms with E-state index < -0.39 is 0 Å². The third kappa shape index (κ3) is 1.32. The van der Waals surface area contributed by atoms with Crippen LogP contribution in [0.5, 0.6) is 0 Å². The summed E-state index contributed by atoms with van der Waals surface area (Å²) in [6, 6.07) is 5.09. The smallest absolute Gasteiger partial charge is 0.123 e. The monoisotopic (exact) mass is 220 g/mol. The lowest BCUT2D eigenvalue weighted by atomic mass is 9.67. The molecule has 0 amide bonds. The number of fused-ring (bicyclic) bond motifs is 2. The lowest BCUT2D eigenvalue weighted by molar-refractivity contribution is 0.0660. The van der Waals surface area contributed by atoms with Gasteiger partial charge in [0, 0.05) is 5.41 Å². The van der Waals surface area contributed by atoms with Crippen molar-refractivity contribution in [2.24, 2.45) is 0 Å². The third-order valence-corrected chi connectivity index (χ3v) is 4.42. The van der Waals surface area contributed by atoms with E-state index in [9.17, 15) is 9.50 Å². The first-order valence-corrected chi connectivity index (χ1v) is 6.19. The first kappa shape index (κ1) is 10.3. The normalized spacial score (nSPS) is 27.0. The standard InChI is InChI=1S/C14H17FO/c15-11-4-5-12-10(9-11)3-6-13(16)14(12)7-1-2-8-14/h4-5,9,13,16H,1-3,6-8H2. The summed E-state index contributed by atoms with van der Waals surface area (Å²) in [6.07, 6.45) is 5.88. The van der Waals surface area contributed by atoms with Gasteiger partial charge >= 0.3 is 0 Å². The fourth-order valence-electron chi connectivity index (χ4n) is 3.61. The highest BCUT2D eigenvalue weighted by Crippen LogP contribution is 2.48. The number of hydrogen-bond acceptors (Lipinski definition) is 1. The molecule has 0 aromatic heterocycles. The summed E-state index contributed by atoms with van der Waals surface area (Å²) in [4.78, 5) is 0. The van der Waals surface area contributed by atoms with Crippen LogP contribution in [0.25, 0.3) is 0 Å². The van der Waals surface area contributed by atoms with Gasteiger partial charge in [0.2, 0.25) is 0 Å². The van der Waals surface area contributed by atoms with E-state index in [0.717, 1.165) is 31.2 Å². The van der Waals surface area contributed by atoms with Crippen LogP contribution in [0.1, 0.15) is 43.2 Å². The highest BCUT2D eigenvalue weighted by molar-refractivity contribution is 5.39. The average Bonchev–Trinajstić information content (AvgIpc) is 2.74. The molecule has 1 saturated carbocycles. The van der Waals surface area contributed by atoms with Crippen LogP contribution >= 0.6 is 0 Å². The molecule has 1 spiro atoms. The van der Waals surface area contributed by atoms with Crippen molar-refractivity contribution >= 4 is 0 Å². The largest absolute Gasteiger partial charge is 0.392 e. The maximum Gasteiger partial charge on any atom is 0.123 e. The second kappa shape index (κ2) is 3.56.